The third-order valence-electron chi connectivity index (χ3n) is 3.15. The number of anilines is 2. The number of morpholine rings is 1. The summed E-state index contributed by atoms with van der Waals surface area (Å²) in [5.74, 6) is 1.77. The SMILES string of the molecule is CCCNc1nc(N2CCOCC2)c2ccsc2n1. The monoisotopic (exact) mass is 278 g/mol. The molecule has 1 aliphatic rings. The largest absolute Gasteiger partial charge is 0.378 e. The first-order valence-corrected chi connectivity index (χ1v) is 7.58. The summed E-state index contributed by atoms with van der Waals surface area (Å²) in [6, 6.07) is 2.11. The summed E-state index contributed by atoms with van der Waals surface area (Å²) in [5.41, 5.74) is 0. The minimum Gasteiger partial charge on any atom is -0.378 e. The van der Waals surface area contributed by atoms with Crippen molar-refractivity contribution < 1.29 is 4.74 Å². The Hall–Kier alpha value is -1.40. The number of hydrogen-bond acceptors (Lipinski definition) is 6. The molecule has 0 aromatic carbocycles. The molecule has 0 atom stereocenters. The van der Waals surface area contributed by atoms with Gasteiger partial charge in [-0.3, -0.25) is 0 Å². The van der Waals surface area contributed by atoms with Gasteiger partial charge in [-0.05, 0) is 17.9 Å². The molecular weight excluding hydrogens is 260 g/mol. The highest BCUT2D eigenvalue weighted by molar-refractivity contribution is 7.16. The molecule has 0 bridgehead atoms. The molecule has 0 spiro atoms. The van der Waals surface area contributed by atoms with E-state index in [4.69, 9.17) is 4.74 Å². The molecule has 0 amide bonds. The molecule has 3 rings (SSSR count). The fourth-order valence-corrected chi connectivity index (χ4v) is 2.93. The van der Waals surface area contributed by atoms with Crippen LogP contribution in [0.25, 0.3) is 10.2 Å². The number of nitrogens with zero attached hydrogens (tertiary/aromatic N) is 3. The van der Waals surface area contributed by atoms with Gasteiger partial charge in [0.15, 0.2) is 0 Å². The van der Waals surface area contributed by atoms with Crippen LogP contribution in [0.3, 0.4) is 0 Å². The molecule has 2 aromatic rings. The maximum absolute atomic E-state index is 5.41. The standard InChI is InChI=1S/C13H18N4OS/c1-2-4-14-13-15-11(17-5-7-18-8-6-17)10-3-9-19-12(10)16-13/h3,9H,2,4-8H2,1H3,(H,14,15,16). The molecule has 102 valence electrons. The number of nitrogens with one attached hydrogen (secondary N) is 1. The van der Waals surface area contributed by atoms with Gasteiger partial charge >= 0.3 is 0 Å². The van der Waals surface area contributed by atoms with Crippen molar-refractivity contribution in [3.05, 3.63) is 11.4 Å². The number of ether oxygens (including phenoxy) is 1. The van der Waals surface area contributed by atoms with Crippen LogP contribution >= 0.6 is 11.3 Å². The molecule has 1 saturated heterocycles. The molecule has 1 fully saturated rings. The van der Waals surface area contributed by atoms with Crippen molar-refractivity contribution in [1.29, 1.82) is 0 Å². The van der Waals surface area contributed by atoms with E-state index in [0.29, 0.717) is 0 Å². The summed E-state index contributed by atoms with van der Waals surface area (Å²) in [6.07, 6.45) is 1.07. The molecular formula is C13H18N4OS. The van der Waals surface area contributed by atoms with Gasteiger partial charge in [0.1, 0.15) is 10.6 Å². The van der Waals surface area contributed by atoms with E-state index >= 15 is 0 Å². The van der Waals surface area contributed by atoms with Crippen LogP contribution in [0.1, 0.15) is 13.3 Å². The van der Waals surface area contributed by atoms with E-state index in [1.807, 2.05) is 0 Å². The highest BCUT2D eigenvalue weighted by Crippen LogP contribution is 2.29. The first kappa shape index (κ1) is 12.6. The molecule has 19 heavy (non-hydrogen) atoms. The minimum atomic E-state index is 0.735. The van der Waals surface area contributed by atoms with Crippen LogP contribution in [0.2, 0.25) is 0 Å². The third kappa shape index (κ3) is 2.64. The number of thiophene rings is 1. The van der Waals surface area contributed by atoms with Crippen molar-refractivity contribution in [1.82, 2.24) is 9.97 Å². The molecule has 0 saturated carbocycles. The average molecular weight is 278 g/mol. The Morgan fingerprint density at radius 2 is 2.21 bits per heavy atom. The van der Waals surface area contributed by atoms with Crippen LogP contribution in [-0.2, 0) is 4.74 Å². The summed E-state index contributed by atoms with van der Waals surface area (Å²) < 4.78 is 5.41. The maximum Gasteiger partial charge on any atom is 0.226 e. The van der Waals surface area contributed by atoms with Gasteiger partial charge in [-0.1, -0.05) is 6.92 Å². The first-order valence-electron chi connectivity index (χ1n) is 6.70. The third-order valence-corrected chi connectivity index (χ3v) is 3.96. The topological polar surface area (TPSA) is 50.3 Å². The van der Waals surface area contributed by atoms with E-state index < -0.39 is 0 Å². The molecule has 1 aliphatic heterocycles. The van der Waals surface area contributed by atoms with Gasteiger partial charge in [-0.2, -0.15) is 4.98 Å². The molecule has 0 unspecified atom stereocenters. The molecule has 1 N–H and O–H groups in total. The van der Waals surface area contributed by atoms with E-state index in [1.54, 1.807) is 11.3 Å². The van der Waals surface area contributed by atoms with Crippen LogP contribution in [0.5, 0.6) is 0 Å². The molecule has 2 aromatic heterocycles. The van der Waals surface area contributed by atoms with E-state index in [2.05, 4.69) is 38.6 Å². The molecule has 0 radical (unpaired) electrons. The number of rotatable bonds is 4. The summed E-state index contributed by atoms with van der Waals surface area (Å²) in [5, 5.41) is 6.51. The van der Waals surface area contributed by atoms with Gasteiger partial charge in [-0.15, -0.1) is 11.3 Å². The van der Waals surface area contributed by atoms with Crippen molar-refractivity contribution in [3.63, 3.8) is 0 Å². The fraction of sp³-hybridized carbons (Fsp3) is 0.538. The van der Waals surface area contributed by atoms with Crippen LogP contribution in [-0.4, -0.2) is 42.8 Å². The lowest BCUT2D eigenvalue weighted by Crippen LogP contribution is -2.37. The summed E-state index contributed by atoms with van der Waals surface area (Å²) in [7, 11) is 0. The smallest absolute Gasteiger partial charge is 0.226 e. The molecule has 5 nitrogen and oxygen atoms in total. The van der Waals surface area contributed by atoms with Crippen molar-refractivity contribution in [2.24, 2.45) is 0 Å². The Balaban J connectivity index is 1.97. The normalized spacial score (nSPS) is 15.9. The lowest BCUT2D eigenvalue weighted by Gasteiger charge is -2.28. The second-order valence-corrected chi connectivity index (χ2v) is 5.43. The number of fused-ring (bicyclic) bond motifs is 1. The number of aromatic nitrogens is 2. The molecule has 6 heteroatoms. The maximum atomic E-state index is 5.41. The van der Waals surface area contributed by atoms with Crippen molar-refractivity contribution in [3.8, 4) is 0 Å². The van der Waals surface area contributed by atoms with Crippen molar-refractivity contribution in [2.75, 3.05) is 43.1 Å². The van der Waals surface area contributed by atoms with Gasteiger partial charge in [0.05, 0.1) is 18.6 Å². The van der Waals surface area contributed by atoms with Crippen LogP contribution in [0, 0.1) is 0 Å². The second kappa shape index (κ2) is 5.71. The predicted molar refractivity (Wildman–Crippen MR) is 79.2 cm³/mol. The Labute approximate surface area is 116 Å². The molecule has 3 heterocycles. The van der Waals surface area contributed by atoms with Crippen molar-refractivity contribution >= 4 is 33.3 Å². The Bertz CT molecular complexity index is 551. The zero-order valence-electron chi connectivity index (χ0n) is 11.1. The second-order valence-electron chi connectivity index (χ2n) is 4.54. The van der Waals surface area contributed by atoms with E-state index in [-0.39, 0.29) is 0 Å². The highest BCUT2D eigenvalue weighted by atomic mass is 32.1. The number of hydrogen-bond donors (Lipinski definition) is 1. The lowest BCUT2D eigenvalue weighted by molar-refractivity contribution is 0.122. The fourth-order valence-electron chi connectivity index (χ4n) is 2.17. The lowest BCUT2D eigenvalue weighted by atomic mass is 10.3. The Morgan fingerprint density at radius 1 is 1.37 bits per heavy atom. The Kier molecular flexibility index (Phi) is 3.79. The molecule has 0 aliphatic carbocycles. The van der Waals surface area contributed by atoms with E-state index in [9.17, 15) is 0 Å². The quantitative estimate of drug-likeness (QED) is 0.930. The van der Waals surface area contributed by atoms with Gasteiger partial charge in [-0.25, -0.2) is 4.98 Å². The van der Waals surface area contributed by atoms with E-state index in [1.165, 1.54) is 0 Å². The highest BCUT2D eigenvalue weighted by Gasteiger charge is 2.17. The summed E-state index contributed by atoms with van der Waals surface area (Å²) in [4.78, 5) is 12.6. The van der Waals surface area contributed by atoms with Gasteiger partial charge in [0, 0.05) is 19.6 Å². The van der Waals surface area contributed by atoms with Crippen LogP contribution in [0.4, 0.5) is 11.8 Å². The van der Waals surface area contributed by atoms with Gasteiger partial charge < -0.3 is 15.0 Å². The Morgan fingerprint density at radius 3 is 3.00 bits per heavy atom. The average Bonchev–Trinajstić information content (AvgIpc) is 2.93. The first-order chi connectivity index (χ1) is 9.38. The predicted octanol–water partition coefficient (Wildman–Crippen LogP) is 2.35. The van der Waals surface area contributed by atoms with E-state index in [0.717, 1.165) is 61.3 Å². The summed E-state index contributed by atoms with van der Waals surface area (Å²) >= 11 is 1.66. The van der Waals surface area contributed by atoms with Crippen LogP contribution in [0.15, 0.2) is 11.4 Å². The minimum absolute atomic E-state index is 0.735. The van der Waals surface area contributed by atoms with Crippen LogP contribution < -0.4 is 10.2 Å². The van der Waals surface area contributed by atoms with Crippen molar-refractivity contribution in [2.45, 2.75) is 13.3 Å². The zero-order chi connectivity index (χ0) is 13.1. The summed E-state index contributed by atoms with van der Waals surface area (Å²) in [6.45, 7) is 6.38. The van der Waals surface area contributed by atoms with Gasteiger partial charge in [0.25, 0.3) is 0 Å². The zero-order valence-corrected chi connectivity index (χ0v) is 11.9. The van der Waals surface area contributed by atoms with Gasteiger partial charge in [0.2, 0.25) is 5.95 Å².